The highest BCUT2D eigenvalue weighted by atomic mass is 35.5. The van der Waals surface area contributed by atoms with Crippen molar-refractivity contribution in [3.8, 4) is 5.69 Å². The first-order valence-electron chi connectivity index (χ1n) is 7.65. The molecule has 0 radical (unpaired) electrons. The Bertz CT molecular complexity index is 1210. The third kappa shape index (κ3) is 3.92. The predicted octanol–water partition coefficient (Wildman–Crippen LogP) is 3.05. The summed E-state index contributed by atoms with van der Waals surface area (Å²) in [5.41, 5.74) is -3.12. The monoisotopic (exact) mass is 429 g/mol. The van der Waals surface area contributed by atoms with Crippen LogP contribution in [0.1, 0.15) is 5.56 Å². The molecule has 0 fully saturated rings. The lowest BCUT2D eigenvalue weighted by Crippen LogP contribution is -2.47. The smallest absolute Gasteiger partial charge is 0.258 e. The fourth-order valence-electron chi connectivity index (χ4n) is 2.33. The zero-order chi connectivity index (χ0) is 20.6. The zero-order valence-corrected chi connectivity index (χ0v) is 15.7. The molecule has 0 aliphatic rings. The Balaban J connectivity index is 1.91. The second kappa shape index (κ2) is 7.36. The summed E-state index contributed by atoms with van der Waals surface area (Å²) < 4.78 is 39.7. The lowest BCUT2D eigenvalue weighted by Gasteiger charge is -2.10. The van der Waals surface area contributed by atoms with E-state index in [1.54, 1.807) is 12.1 Å². The molecule has 1 N–H and O–H groups in total. The van der Waals surface area contributed by atoms with Gasteiger partial charge in [0, 0.05) is 16.8 Å². The molecule has 146 valence electrons. The molecule has 0 atom stereocenters. The van der Waals surface area contributed by atoms with Gasteiger partial charge in [0.15, 0.2) is 0 Å². The minimum absolute atomic E-state index is 0.0466. The predicted molar refractivity (Wildman–Crippen MR) is 98.5 cm³/mol. The Kier molecular flexibility index (Phi) is 5.26. The summed E-state index contributed by atoms with van der Waals surface area (Å²) >= 11 is 7.07. The molecule has 3 rings (SSSR count). The summed E-state index contributed by atoms with van der Waals surface area (Å²) in [6.45, 7) is 0. The maximum Gasteiger partial charge on any atom is 0.416 e. The fraction of sp³-hybridized carbons (Fsp3) is 0.118. The van der Waals surface area contributed by atoms with Crippen LogP contribution in [0.5, 0.6) is 0 Å². The molecule has 6 nitrogen and oxygen atoms in total. The molecule has 0 aliphatic carbocycles. The van der Waals surface area contributed by atoms with Gasteiger partial charge in [0.1, 0.15) is 0 Å². The minimum Gasteiger partial charge on any atom is -0.258 e. The first-order chi connectivity index (χ1) is 13.1. The normalized spacial score (nSPS) is 11.6. The van der Waals surface area contributed by atoms with Gasteiger partial charge in [-0.15, -0.1) is 0 Å². The molecule has 11 heteroatoms. The summed E-state index contributed by atoms with van der Waals surface area (Å²) in [7, 11) is 1.23. The van der Waals surface area contributed by atoms with E-state index in [4.69, 9.17) is 11.6 Å². The highest BCUT2D eigenvalue weighted by Gasteiger charge is 2.30. The van der Waals surface area contributed by atoms with Crippen LogP contribution in [0, 0.1) is 0 Å². The van der Waals surface area contributed by atoms with E-state index in [1.165, 1.54) is 25.2 Å². The van der Waals surface area contributed by atoms with Crippen molar-refractivity contribution in [3.05, 3.63) is 84.5 Å². The molecule has 1 heterocycles. The van der Waals surface area contributed by atoms with Crippen molar-refractivity contribution in [2.75, 3.05) is 0 Å². The van der Waals surface area contributed by atoms with Crippen LogP contribution in [0.4, 0.5) is 13.2 Å². The highest BCUT2D eigenvalue weighted by Crippen LogP contribution is 2.37. The van der Waals surface area contributed by atoms with Crippen molar-refractivity contribution < 1.29 is 13.2 Å². The number of nitrogens with one attached hydrogen (secondary N) is 1. The summed E-state index contributed by atoms with van der Waals surface area (Å²) in [6, 6.07) is 9.15. The molecular formula is C17H11ClF3N3O3S. The minimum atomic E-state index is -4.48. The van der Waals surface area contributed by atoms with Crippen LogP contribution in [-0.2, 0) is 13.2 Å². The molecule has 0 unspecified atom stereocenters. The lowest BCUT2D eigenvalue weighted by atomic mass is 10.2. The maximum absolute atomic E-state index is 12.7. The molecule has 1 aromatic heterocycles. The third-order valence-electron chi connectivity index (χ3n) is 3.78. The van der Waals surface area contributed by atoms with Gasteiger partial charge in [0.2, 0.25) is 0 Å². The van der Waals surface area contributed by atoms with Crippen LogP contribution in [-0.4, -0.2) is 14.1 Å². The van der Waals surface area contributed by atoms with Gasteiger partial charge in [-0.25, -0.2) is 23.5 Å². The average Bonchev–Trinajstić information content (AvgIpc) is 2.62. The summed E-state index contributed by atoms with van der Waals surface area (Å²) in [6.07, 6.45) is -4.48. The Labute approximate surface area is 164 Å². The number of benzene rings is 2. The quantitative estimate of drug-likeness (QED) is 0.694. The average molecular weight is 430 g/mol. The largest absolute Gasteiger partial charge is 0.416 e. The van der Waals surface area contributed by atoms with E-state index in [0.717, 1.165) is 33.0 Å². The summed E-state index contributed by atoms with van der Waals surface area (Å²) in [5, 5.41) is -0.0466. The van der Waals surface area contributed by atoms with Crippen molar-refractivity contribution in [1.29, 1.82) is 0 Å². The van der Waals surface area contributed by atoms with Gasteiger partial charge in [-0.3, -0.25) is 4.98 Å². The van der Waals surface area contributed by atoms with E-state index in [-0.39, 0.29) is 10.7 Å². The number of aromatic nitrogens is 3. The van der Waals surface area contributed by atoms with E-state index in [1.807, 2.05) is 4.98 Å². The highest BCUT2D eigenvalue weighted by molar-refractivity contribution is 7.99. The van der Waals surface area contributed by atoms with E-state index in [0.29, 0.717) is 9.79 Å². The van der Waals surface area contributed by atoms with Crippen molar-refractivity contribution in [3.63, 3.8) is 0 Å². The molecule has 0 saturated heterocycles. The molecule has 0 aliphatic heterocycles. The number of alkyl halides is 3. The number of aromatic amines is 1. The molecule has 0 amide bonds. The maximum atomic E-state index is 12.7. The number of hydrogen-bond donors (Lipinski definition) is 1. The van der Waals surface area contributed by atoms with Crippen molar-refractivity contribution in [2.24, 2.45) is 7.05 Å². The van der Waals surface area contributed by atoms with Crippen molar-refractivity contribution in [2.45, 2.75) is 16.0 Å². The Morgan fingerprint density at radius 1 is 1.00 bits per heavy atom. The van der Waals surface area contributed by atoms with Crippen LogP contribution in [0.2, 0.25) is 5.02 Å². The van der Waals surface area contributed by atoms with Crippen molar-refractivity contribution >= 4 is 23.4 Å². The van der Waals surface area contributed by atoms with Crippen LogP contribution >= 0.6 is 23.4 Å². The zero-order valence-electron chi connectivity index (χ0n) is 14.1. The number of hydrogen-bond acceptors (Lipinski definition) is 4. The molecule has 2 aromatic carbocycles. The number of halogens is 4. The molecule has 28 heavy (non-hydrogen) atoms. The van der Waals surface area contributed by atoms with Crippen molar-refractivity contribution in [1.82, 2.24) is 14.1 Å². The van der Waals surface area contributed by atoms with Gasteiger partial charge < -0.3 is 0 Å². The van der Waals surface area contributed by atoms with Gasteiger partial charge >= 0.3 is 23.2 Å². The van der Waals surface area contributed by atoms with Crippen LogP contribution in [0.25, 0.3) is 5.69 Å². The first kappa shape index (κ1) is 20.0. The van der Waals surface area contributed by atoms with E-state index in [9.17, 15) is 27.6 Å². The van der Waals surface area contributed by atoms with Gasteiger partial charge in [0.05, 0.1) is 16.3 Å². The SMILES string of the molecule is Cn1c(=O)[nH]c(=O)n(-c2ccc(Sc3ccc(C(F)(F)F)cc3Cl)cc2)c1=O. The Morgan fingerprint density at radius 3 is 2.21 bits per heavy atom. The molecule has 3 aromatic rings. The van der Waals surface area contributed by atoms with Crippen LogP contribution < -0.4 is 17.1 Å². The first-order valence-corrected chi connectivity index (χ1v) is 8.85. The fourth-order valence-corrected chi connectivity index (χ4v) is 3.45. The number of H-pyrrole nitrogens is 1. The molecule has 0 saturated carbocycles. The second-order valence-corrected chi connectivity index (χ2v) is 7.17. The van der Waals surface area contributed by atoms with E-state index >= 15 is 0 Å². The van der Waals surface area contributed by atoms with E-state index < -0.39 is 28.8 Å². The Morgan fingerprint density at radius 2 is 1.64 bits per heavy atom. The standard InChI is InChI=1S/C17H11ClF3N3O3S/c1-23-14(25)22-15(26)24(16(23)27)10-3-5-11(6-4-10)28-13-7-2-9(8-12(13)18)17(19,20)21/h2-8H,1H3,(H,22,25,26). The van der Waals surface area contributed by atoms with Crippen LogP contribution in [0.15, 0.2) is 66.6 Å². The number of rotatable bonds is 3. The van der Waals surface area contributed by atoms with Gasteiger partial charge in [0.25, 0.3) is 0 Å². The lowest BCUT2D eigenvalue weighted by molar-refractivity contribution is -0.137. The van der Waals surface area contributed by atoms with Gasteiger partial charge in [-0.1, -0.05) is 23.4 Å². The molecular weight excluding hydrogens is 419 g/mol. The van der Waals surface area contributed by atoms with Gasteiger partial charge in [-0.05, 0) is 42.5 Å². The van der Waals surface area contributed by atoms with E-state index in [2.05, 4.69) is 0 Å². The molecule has 0 bridgehead atoms. The third-order valence-corrected chi connectivity index (χ3v) is 5.29. The van der Waals surface area contributed by atoms with Gasteiger partial charge in [-0.2, -0.15) is 13.2 Å². The van der Waals surface area contributed by atoms with Crippen LogP contribution in [0.3, 0.4) is 0 Å². The summed E-state index contributed by atoms with van der Waals surface area (Å²) in [4.78, 5) is 38.6. The second-order valence-electron chi connectivity index (χ2n) is 5.65. The topological polar surface area (TPSA) is 76.9 Å². The number of nitrogens with zero attached hydrogens (tertiary/aromatic N) is 2. The Hall–Kier alpha value is -2.72. The summed E-state index contributed by atoms with van der Waals surface area (Å²) in [5.74, 6) is 0. The molecule has 0 spiro atoms.